The summed E-state index contributed by atoms with van der Waals surface area (Å²) in [5.74, 6) is 3.81. The molecular weight excluding hydrogens is 240 g/mol. The molecule has 0 nitrogen and oxygen atoms in total. The first-order valence-electron chi connectivity index (χ1n) is 8.69. The normalized spacial score (nSPS) is 42.8. The van der Waals surface area contributed by atoms with Crippen molar-refractivity contribution in [1.29, 1.82) is 0 Å². The van der Waals surface area contributed by atoms with Gasteiger partial charge < -0.3 is 0 Å². The van der Waals surface area contributed by atoms with Crippen molar-refractivity contribution in [2.24, 2.45) is 23.2 Å². The molecule has 0 aliphatic heterocycles. The molecule has 0 N–H and O–H groups in total. The Balaban J connectivity index is 0.00000132. The lowest BCUT2D eigenvalue weighted by molar-refractivity contribution is 0.0337. The lowest BCUT2D eigenvalue weighted by Crippen LogP contribution is -2.41. The van der Waals surface area contributed by atoms with E-state index < -0.39 is 0 Å². The minimum atomic E-state index is 0. The van der Waals surface area contributed by atoms with Crippen molar-refractivity contribution in [2.45, 2.75) is 65.2 Å². The van der Waals surface area contributed by atoms with Gasteiger partial charge in [-0.1, -0.05) is 37.6 Å². The third-order valence-corrected chi connectivity index (χ3v) is 7.36. The van der Waals surface area contributed by atoms with Gasteiger partial charge in [-0.3, -0.25) is 0 Å². The van der Waals surface area contributed by atoms with Gasteiger partial charge >= 0.3 is 0 Å². The van der Waals surface area contributed by atoms with Crippen molar-refractivity contribution in [3.8, 4) is 0 Å². The van der Waals surface area contributed by atoms with Crippen LogP contribution in [0.4, 0.5) is 0 Å². The molecular formula is C20H30. The quantitative estimate of drug-likeness (QED) is 0.564. The van der Waals surface area contributed by atoms with E-state index in [1.54, 1.807) is 11.1 Å². The van der Waals surface area contributed by atoms with Crippen LogP contribution in [0.15, 0.2) is 18.2 Å². The van der Waals surface area contributed by atoms with Crippen LogP contribution in [0.5, 0.6) is 0 Å². The molecule has 2 fully saturated rings. The summed E-state index contributed by atoms with van der Waals surface area (Å²) in [6.07, 6.45) is 8.67. The molecule has 0 amide bonds. The maximum absolute atomic E-state index is 2.61. The predicted octanol–water partition coefficient (Wildman–Crippen LogP) is 5.73. The van der Waals surface area contributed by atoms with Gasteiger partial charge in [0.2, 0.25) is 0 Å². The molecule has 0 aromatic heterocycles. The van der Waals surface area contributed by atoms with E-state index >= 15 is 0 Å². The first-order valence-corrected chi connectivity index (χ1v) is 8.69. The molecule has 3 unspecified atom stereocenters. The Labute approximate surface area is 125 Å². The first kappa shape index (κ1) is 12.9. The summed E-state index contributed by atoms with van der Waals surface area (Å²) < 4.78 is 0. The van der Waals surface area contributed by atoms with Gasteiger partial charge in [-0.2, -0.15) is 0 Å². The van der Waals surface area contributed by atoms with Gasteiger partial charge in [0.15, 0.2) is 0 Å². The zero-order valence-corrected chi connectivity index (χ0v) is 13.3. The molecule has 3 aliphatic carbocycles. The van der Waals surface area contributed by atoms with Gasteiger partial charge in [-0.25, -0.2) is 0 Å². The lowest BCUT2D eigenvalue weighted by atomic mass is 9.54. The molecule has 5 atom stereocenters. The Morgan fingerprint density at radius 1 is 1.15 bits per heavy atom. The maximum Gasteiger partial charge on any atom is 0 e. The Kier molecular flexibility index (Phi) is 2.81. The minimum Gasteiger partial charge on any atom is -0.0620 e. The highest BCUT2D eigenvalue weighted by Gasteiger charge is 2.53. The second-order valence-corrected chi connectivity index (χ2v) is 8.14. The van der Waals surface area contributed by atoms with Crippen LogP contribution >= 0.6 is 0 Å². The van der Waals surface area contributed by atoms with Crippen LogP contribution in [-0.4, -0.2) is 0 Å². The Morgan fingerprint density at radius 2 is 2.00 bits per heavy atom. The van der Waals surface area contributed by atoms with Crippen molar-refractivity contribution >= 4 is 0 Å². The van der Waals surface area contributed by atoms with E-state index in [4.69, 9.17) is 0 Å². The molecule has 0 saturated heterocycles. The van der Waals surface area contributed by atoms with Crippen molar-refractivity contribution in [1.82, 2.24) is 0 Å². The summed E-state index contributed by atoms with van der Waals surface area (Å²) in [7, 11) is 0. The molecule has 0 radical (unpaired) electrons. The standard InChI is InChI=1S/C20H28.H2/c1-13-4-7-16-15(12-13)6-8-18-17(16)10-11-20(3)14(2)5-9-19(18)20;/h4,7,12,14,17-19H,5-6,8-11H2,1-3H3;1H/t14-,17?,18?,19?,20+;/m0./s1. The molecule has 1 aromatic rings. The fourth-order valence-electron chi connectivity index (χ4n) is 5.97. The van der Waals surface area contributed by atoms with Crippen molar-refractivity contribution in [3.05, 3.63) is 34.9 Å². The molecule has 110 valence electrons. The Hall–Kier alpha value is -0.780. The van der Waals surface area contributed by atoms with Crippen molar-refractivity contribution in [3.63, 3.8) is 0 Å². The van der Waals surface area contributed by atoms with E-state index in [2.05, 4.69) is 39.0 Å². The van der Waals surface area contributed by atoms with Crippen molar-refractivity contribution in [2.75, 3.05) is 0 Å². The van der Waals surface area contributed by atoms with E-state index in [0.717, 1.165) is 23.7 Å². The SMILES string of the molecule is Cc1ccc2c(c1)CCC1C2CC[C@@]2(C)C1CC[C@@H]2C.[HH]. The zero-order chi connectivity index (χ0) is 13.9. The van der Waals surface area contributed by atoms with Gasteiger partial charge in [0.05, 0.1) is 0 Å². The first-order chi connectivity index (χ1) is 9.59. The van der Waals surface area contributed by atoms with Crippen LogP contribution in [0, 0.1) is 30.1 Å². The number of fused-ring (bicyclic) bond motifs is 5. The average molecular weight is 270 g/mol. The lowest BCUT2D eigenvalue weighted by Gasteiger charge is -2.50. The highest BCUT2D eigenvalue weighted by Crippen LogP contribution is 2.62. The van der Waals surface area contributed by atoms with Crippen molar-refractivity contribution < 1.29 is 1.43 Å². The maximum atomic E-state index is 2.61. The number of hydrogen-bond donors (Lipinski definition) is 0. The Morgan fingerprint density at radius 3 is 2.85 bits per heavy atom. The summed E-state index contributed by atoms with van der Waals surface area (Å²) in [6.45, 7) is 7.36. The average Bonchev–Trinajstić information content (AvgIpc) is 2.74. The van der Waals surface area contributed by atoms with E-state index in [1.807, 2.05) is 0 Å². The molecule has 0 bridgehead atoms. The smallest absolute Gasteiger partial charge is 0 e. The molecule has 0 spiro atoms. The summed E-state index contributed by atoms with van der Waals surface area (Å²) in [5.41, 5.74) is 5.48. The van der Waals surface area contributed by atoms with Crippen LogP contribution < -0.4 is 0 Å². The summed E-state index contributed by atoms with van der Waals surface area (Å²) in [5, 5.41) is 0. The van der Waals surface area contributed by atoms with Gasteiger partial charge in [-0.05, 0) is 85.7 Å². The van der Waals surface area contributed by atoms with Gasteiger partial charge in [0.1, 0.15) is 0 Å². The number of rotatable bonds is 0. The highest BCUT2D eigenvalue weighted by atomic mass is 14.6. The molecule has 2 saturated carbocycles. The highest BCUT2D eigenvalue weighted by molar-refractivity contribution is 5.37. The fourth-order valence-corrected chi connectivity index (χ4v) is 5.97. The summed E-state index contributed by atoms with van der Waals surface area (Å²) in [6, 6.07) is 7.26. The van der Waals surface area contributed by atoms with E-state index in [9.17, 15) is 0 Å². The van der Waals surface area contributed by atoms with Crippen LogP contribution in [0.1, 0.15) is 70.0 Å². The van der Waals surface area contributed by atoms with Crippen LogP contribution in [0.3, 0.4) is 0 Å². The molecule has 4 rings (SSSR count). The molecule has 1 aromatic carbocycles. The second-order valence-electron chi connectivity index (χ2n) is 8.14. The second kappa shape index (κ2) is 4.36. The third-order valence-electron chi connectivity index (χ3n) is 7.36. The fraction of sp³-hybridized carbons (Fsp3) is 0.700. The summed E-state index contributed by atoms with van der Waals surface area (Å²) >= 11 is 0. The largest absolute Gasteiger partial charge is 0.0620 e. The van der Waals surface area contributed by atoms with E-state index in [-0.39, 0.29) is 1.43 Å². The number of benzene rings is 1. The predicted molar refractivity (Wildman–Crippen MR) is 87.1 cm³/mol. The monoisotopic (exact) mass is 270 g/mol. The van der Waals surface area contributed by atoms with E-state index in [0.29, 0.717) is 5.41 Å². The van der Waals surface area contributed by atoms with Gasteiger partial charge in [0, 0.05) is 1.43 Å². The Bertz CT molecular complexity index is 535. The molecule has 3 aliphatic rings. The molecule has 20 heavy (non-hydrogen) atoms. The van der Waals surface area contributed by atoms with E-state index in [1.165, 1.54) is 44.1 Å². The molecule has 0 heterocycles. The number of aryl methyl sites for hydroxylation is 2. The van der Waals surface area contributed by atoms with Crippen LogP contribution in [0.25, 0.3) is 0 Å². The summed E-state index contributed by atoms with van der Waals surface area (Å²) in [4.78, 5) is 0. The van der Waals surface area contributed by atoms with Crippen LogP contribution in [-0.2, 0) is 6.42 Å². The third kappa shape index (κ3) is 1.66. The zero-order valence-electron chi connectivity index (χ0n) is 13.3. The topological polar surface area (TPSA) is 0 Å². The van der Waals surface area contributed by atoms with Crippen LogP contribution in [0.2, 0.25) is 0 Å². The number of hydrogen-bond acceptors (Lipinski definition) is 0. The van der Waals surface area contributed by atoms with Gasteiger partial charge in [0.25, 0.3) is 0 Å². The molecule has 0 heteroatoms. The van der Waals surface area contributed by atoms with Gasteiger partial charge in [-0.15, -0.1) is 0 Å². The minimum absolute atomic E-state index is 0.